The van der Waals surface area contributed by atoms with Gasteiger partial charge in [-0.05, 0) is 62.3 Å². The number of amides is 2. The van der Waals surface area contributed by atoms with Crippen LogP contribution in [0, 0.1) is 5.41 Å². The van der Waals surface area contributed by atoms with Crippen LogP contribution >= 0.6 is 0 Å². The molecule has 5 heteroatoms. The lowest BCUT2D eigenvalue weighted by Gasteiger charge is -2.29. The number of likely N-dealkylation sites (tertiary alicyclic amines) is 1. The first kappa shape index (κ1) is 19.7. The summed E-state index contributed by atoms with van der Waals surface area (Å²) in [6.07, 6.45) is 14.3. The van der Waals surface area contributed by atoms with Crippen LogP contribution in [0.1, 0.15) is 80.7 Å². The van der Waals surface area contributed by atoms with Gasteiger partial charge >= 0.3 is 6.03 Å². The fourth-order valence-electron chi connectivity index (χ4n) is 5.98. The Morgan fingerprint density at radius 2 is 1.83 bits per heavy atom. The van der Waals surface area contributed by atoms with Gasteiger partial charge in [0.15, 0.2) is 0 Å². The summed E-state index contributed by atoms with van der Waals surface area (Å²) in [4.78, 5) is 15.2. The SMILES string of the molecule is O=C(NC1CCCc2c1cnn2Cc1ccccc1)N1CCCC2(CCCC2)CC1. The van der Waals surface area contributed by atoms with Gasteiger partial charge in [0.25, 0.3) is 0 Å². The van der Waals surface area contributed by atoms with Gasteiger partial charge in [0.05, 0.1) is 18.8 Å². The number of urea groups is 1. The summed E-state index contributed by atoms with van der Waals surface area (Å²) in [7, 11) is 0. The summed E-state index contributed by atoms with van der Waals surface area (Å²) in [6.45, 7) is 2.62. The van der Waals surface area contributed by atoms with Gasteiger partial charge in [0, 0.05) is 24.3 Å². The first-order valence-corrected chi connectivity index (χ1v) is 11.9. The van der Waals surface area contributed by atoms with E-state index >= 15 is 0 Å². The second-order valence-corrected chi connectivity index (χ2v) is 9.63. The number of carbonyl (C=O) groups is 1. The predicted molar refractivity (Wildman–Crippen MR) is 118 cm³/mol. The monoisotopic (exact) mass is 406 g/mol. The number of fused-ring (bicyclic) bond motifs is 1. The molecule has 5 nitrogen and oxygen atoms in total. The lowest BCUT2D eigenvalue weighted by atomic mass is 9.79. The molecule has 1 saturated heterocycles. The molecular formula is C25H34N4O. The molecule has 160 valence electrons. The van der Waals surface area contributed by atoms with Crippen LogP contribution in [-0.4, -0.2) is 33.8 Å². The molecule has 30 heavy (non-hydrogen) atoms. The van der Waals surface area contributed by atoms with Crippen LogP contribution in [0.5, 0.6) is 0 Å². The van der Waals surface area contributed by atoms with Crippen molar-refractivity contribution in [3.05, 3.63) is 53.3 Å². The van der Waals surface area contributed by atoms with E-state index in [1.807, 2.05) is 12.3 Å². The second-order valence-electron chi connectivity index (χ2n) is 9.63. The van der Waals surface area contributed by atoms with Gasteiger partial charge in [-0.15, -0.1) is 0 Å². The van der Waals surface area contributed by atoms with E-state index in [0.29, 0.717) is 5.41 Å². The maximum absolute atomic E-state index is 13.1. The number of hydrogen-bond donors (Lipinski definition) is 1. The van der Waals surface area contributed by atoms with E-state index in [0.717, 1.165) is 45.3 Å². The molecule has 0 radical (unpaired) electrons. The fraction of sp³-hybridized carbons (Fsp3) is 0.600. The minimum absolute atomic E-state index is 0.0921. The molecule has 1 N–H and O–H groups in total. The maximum Gasteiger partial charge on any atom is 0.317 e. The van der Waals surface area contributed by atoms with Crippen LogP contribution < -0.4 is 5.32 Å². The van der Waals surface area contributed by atoms with E-state index in [9.17, 15) is 4.79 Å². The predicted octanol–water partition coefficient (Wildman–Crippen LogP) is 5.06. The van der Waals surface area contributed by atoms with E-state index in [1.165, 1.54) is 55.3 Å². The molecule has 0 bridgehead atoms. The zero-order valence-corrected chi connectivity index (χ0v) is 18.0. The zero-order chi connectivity index (χ0) is 20.4. The highest BCUT2D eigenvalue weighted by atomic mass is 16.2. The molecule has 2 aliphatic carbocycles. The molecule has 2 aromatic rings. The van der Waals surface area contributed by atoms with E-state index in [1.54, 1.807) is 0 Å². The van der Waals surface area contributed by atoms with E-state index in [2.05, 4.69) is 44.3 Å². The minimum Gasteiger partial charge on any atom is -0.331 e. The lowest BCUT2D eigenvalue weighted by Crippen LogP contribution is -2.43. The Balaban J connectivity index is 1.25. The van der Waals surface area contributed by atoms with Crippen LogP contribution in [0.3, 0.4) is 0 Å². The molecule has 1 unspecified atom stereocenters. The van der Waals surface area contributed by atoms with Crippen molar-refractivity contribution >= 4 is 6.03 Å². The molecule has 3 aliphatic rings. The quantitative estimate of drug-likeness (QED) is 0.774. The molecule has 2 heterocycles. The van der Waals surface area contributed by atoms with Crippen molar-refractivity contribution in [2.24, 2.45) is 5.41 Å². The van der Waals surface area contributed by atoms with E-state index in [4.69, 9.17) is 0 Å². The number of benzene rings is 1. The molecule has 5 rings (SSSR count). The molecular weight excluding hydrogens is 372 g/mol. The fourth-order valence-corrected chi connectivity index (χ4v) is 5.98. The van der Waals surface area contributed by atoms with Crippen molar-refractivity contribution in [1.29, 1.82) is 0 Å². The van der Waals surface area contributed by atoms with Crippen molar-refractivity contribution in [2.45, 2.75) is 76.8 Å². The zero-order valence-electron chi connectivity index (χ0n) is 18.0. The summed E-state index contributed by atoms with van der Waals surface area (Å²) >= 11 is 0. The van der Waals surface area contributed by atoms with Crippen LogP contribution in [0.4, 0.5) is 4.79 Å². The largest absolute Gasteiger partial charge is 0.331 e. The summed E-state index contributed by atoms with van der Waals surface area (Å²) in [5, 5.41) is 8.04. The second kappa shape index (κ2) is 8.44. The van der Waals surface area contributed by atoms with Crippen molar-refractivity contribution in [1.82, 2.24) is 20.0 Å². The van der Waals surface area contributed by atoms with Gasteiger partial charge < -0.3 is 10.2 Å². The third kappa shape index (κ3) is 3.99. The first-order valence-electron chi connectivity index (χ1n) is 11.9. The van der Waals surface area contributed by atoms with Gasteiger partial charge in [-0.3, -0.25) is 4.68 Å². The highest BCUT2D eigenvalue weighted by Crippen LogP contribution is 2.46. The highest BCUT2D eigenvalue weighted by Gasteiger charge is 2.36. The highest BCUT2D eigenvalue weighted by molar-refractivity contribution is 5.74. The van der Waals surface area contributed by atoms with Crippen molar-refractivity contribution in [3.63, 3.8) is 0 Å². The third-order valence-electron chi connectivity index (χ3n) is 7.73. The van der Waals surface area contributed by atoms with Crippen LogP contribution in [0.25, 0.3) is 0 Å². The molecule has 2 amide bonds. The first-order chi connectivity index (χ1) is 14.7. The van der Waals surface area contributed by atoms with Gasteiger partial charge in [-0.2, -0.15) is 5.10 Å². The maximum atomic E-state index is 13.1. The minimum atomic E-state index is 0.0921. The van der Waals surface area contributed by atoms with Crippen LogP contribution in [-0.2, 0) is 13.0 Å². The smallest absolute Gasteiger partial charge is 0.317 e. The van der Waals surface area contributed by atoms with Gasteiger partial charge in [0.2, 0.25) is 0 Å². The number of aromatic nitrogens is 2. The average molecular weight is 407 g/mol. The van der Waals surface area contributed by atoms with Gasteiger partial charge in [0.1, 0.15) is 0 Å². The third-order valence-corrected chi connectivity index (χ3v) is 7.73. The number of nitrogens with one attached hydrogen (secondary N) is 1. The standard InChI is InChI=1S/C25H34N4O/c30-24(28-16-7-14-25(15-17-28)12-4-5-13-25)27-22-10-6-11-23-21(22)18-26-29(23)19-20-8-2-1-3-9-20/h1-3,8-9,18,22H,4-7,10-17,19H2,(H,27,30). The molecule has 1 atom stereocenters. The Hall–Kier alpha value is -2.30. The molecule has 1 aromatic heterocycles. The number of nitrogens with zero attached hydrogens (tertiary/aromatic N) is 3. The molecule has 1 aromatic carbocycles. The lowest BCUT2D eigenvalue weighted by molar-refractivity contribution is 0.189. The molecule has 1 aliphatic heterocycles. The Labute approximate surface area is 179 Å². The van der Waals surface area contributed by atoms with E-state index in [-0.39, 0.29) is 12.1 Å². The summed E-state index contributed by atoms with van der Waals surface area (Å²) in [5.41, 5.74) is 4.30. The Morgan fingerprint density at radius 1 is 1.03 bits per heavy atom. The summed E-state index contributed by atoms with van der Waals surface area (Å²) < 4.78 is 2.12. The summed E-state index contributed by atoms with van der Waals surface area (Å²) in [5.74, 6) is 0. The van der Waals surface area contributed by atoms with E-state index < -0.39 is 0 Å². The molecule has 1 spiro atoms. The number of rotatable bonds is 3. The Morgan fingerprint density at radius 3 is 2.67 bits per heavy atom. The summed E-state index contributed by atoms with van der Waals surface area (Å²) in [6, 6.07) is 10.7. The normalized spacial score (nSPS) is 23.2. The number of carbonyl (C=O) groups excluding carboxylic acids is 1. The van der Waals surface area contributed by atoms with Crippen molar-refractivity contribution < 1.29 is 4.79 Å². The number of hydrogen-bond acceptors (Lipinski definition) is 2. The van der Waals surface area contributed by atoms with Crippen LogP contribution in [0.2, 0.25) is 0 Å². The topological polar surface area (TPSA) is 50.2 Å². The van der Waals surface area contributed by atoms with Crippen molar-refractivity contribution in [3.8, 4) is 0 Å². The molecule has 2 fully saturated rings. The average Bonchev–Trinajstić information content (AvgIpc) is 3.33. The van der Waals surface area contributed by atoms with Crippen LogP contribution in [0.15, 0.2) is 36.5 Å². The van der Waals surface area contributed by atoms with Crippen molar-refractivity contribution in [2.75, 3.05) is 13.1 Å². The Bertz CT molecular complexity index is 869. The molecule has 1 saturated carbocycles. The van der Waals surface area contributed by atoms with Gasteiger partial charge in [-0.25, -0.2) is 4.79 Å². The van der Waals surface area contributed by atoms with Gasteiger partial charge in [-0.1, -0.05) is 43.2 Å². The Kier molecular flexibility index (Phi) is 5.53.